The lowest BCUT2D eigenvalue weighted by Crippen LogP contribution is -2.31. The van der Waals surface area contributed by atoms with Crippen LogP contribution in [-0.2, 0) is 16.1 Å². The first-order valence-corrected chi connectivity index (χ1v) is 9.66. The highest BCUT2D eigenvalue weighted by molar-refractivity contribution is 6.36. The first-order valence-electron chi connectivity index (χ1n) is 9.28. The third-order valence-corrected chi connectivity index (χ3v) is 5.14. The number of hydrogen-bond donors (Lipinski definition) is 1. The maximum atomic E-state index is 13.3. The molecule has 3 aromatic rings. The summed E-state index contributed by atoms with van der Waals surface area (Å²) in [5.74, 6) is 0.347. The molecule has 0 unspecified atom stereocenters. The Kier molecular flexibility index (Phi) is 5.33. The van der Waals surface area contributed by atoms with Crippen LogP contribution in [0.3, 0.4) is 0 Å². The molecular formula is C23H19ClN2O4. The molecule has 30 heavy (non-hydrogen) atoms. The zero-order valence-electron chi connectivity index (χ0n) is 16.4. The maximum Gasteiger partial charge on any atom is 0.278 e. The van der Waals surface area contributed by atoms with Crippen molar-refractivity contribution in [1.29, 1.82) is 0 Å². The van der Waals surface area contributed by atoms with Crippen molar-refractivity contribution in [2.24, 2.45) is 0 Å². The van der Waals surface area contributed by atoms with Gasteiger partial charge >= 0.3 is 0 Å². The van der Waals surface area contributed by atoms with Gasteiger partial charge in [-0.2, -0.15) is 0 Å². The van der Waals surface area contributed by atoms with Crippen LogP contribution in [0.15, 0.2) is 71.0 Å². The number of aryl methyl sites for hydroxylation is 1. The number of benzene rings is 2. The van der Waals surface area contributed by atoms with Gasteiger partial charge in [0.05, 0.1) is 25.5 Å². The Hall–Kier alpha value is -3.51. The Morgan fingerprint density at radius 2 is 1.83 bits per heavy atom. The number of carbonyl (C=O) groups excluding carboxylic acids is 2. The van der Waals surface area contributed by atoms with E-state index in [1.807, 2.05) is 13.0 Å². The van der Waals surface area contributed by atoms with Crippen molar-refractivity contribution in [2.75, 3.05) is 12.4 Å². The molecule has 0 saturated carbocycles. The number of nitrogens with one attached hydrogen (secondary N) is 1. The van der Waals surface area contributed by atoms with Crippen LogP contribution in [0.1, 0.15) is 16.9 Å². The summed E-state index contributed by atoms with van der Waals surface area (Å²) in [6.45, 7) is 1.94. The minimum Gasteiger partial charge on any atom is -0.497 e. The number of ether oxygens (including phenoxy) is 1. The predicted molar refractivity (Wildman–Crippen MR) is 114 cm³/mol. The average Bonchev–Trinajstić information content (AvgIpc) is 3.34. The molecule has 1 aliphatic rings. The van der Waals surface area contributed by atoms with Crippen molar-refractivity contribution in [3.8, 4) is 5.75 Å². The second-order valence-electron chi connectivity index (χ2n) is 6.84. The number of amides is 2. The molecule has 6 nitrogen and oxygen atoms in total. The summed E-state index contributed by atoms with van der Waals surface area (Å²) in [4.78, 5) is 27.7. The van der Waals surface area contributed by atoms with Gasteiger partial charge in [0, 0.05) is 10.7 Å². The summed E-state index contributed by atoms with van der Waals surface area (Å²) in [6.07, 6.45) is 1.51. The van der Waals surface area contributed by atoms with E-state index in [1.165, 1.54) is 11.2 Å². The van der Waals surface area contributed by atoms with Crippen LogP contribution in [0.2, 0.25) is 5.02 Å². The van der Waals surface area contributed by atoms with Crippen LogP contribution in [0, 0.1) is 6.92 Å². The van der Waals surface area contributed by atoms with Crippen LogP contribution < -0.4 is 10.1 Å². The van der Waals surface area contributed by atoms with Crippen molar-refractivity contribution < 1.29 is 18.7 Å². The molecule has 1 aromatic heterocycles. The van der Waals surface area contributed by atoms with E-state index in [4.69, 9.17) is 20.8 Å². The lowest BCUT2D eigenvalue weighted by molar-refractivity contribution is -0.137. The third kappa shape index (κ3) is 3.69. The van der Waals surface area contributed by atoms with Gasteiger partial charge in [-0.05, 0) is 54.4 Å². The number of furan rings is 1. The number of anilines is 1. The molecule has 0 aliphatic carbocycles. The van der Waals surface area contributed by atoms with Gasteiger partial charge in [-0.3, -0.25) is 14.5 Å². The molecule has 1 aliphatic heterocycles. The zero-order chi connectivity index (χ0) is 21.3. The zero-order valence-corrected chi connectivity index (χ0v) is 17.2. The summed E-state index contributed by atoms with van der Waals surface area (Å²) < 4.78 is 10.5. The summed E-state index contributed by atoms with van der Waals surface area (Å²) in [5, 5.41) is 3.66. The molecule has 1 N–H and O–H groups in total. The SMILES string of the molecule is COc1ccc(C2=C(Nc3cc(Cl)ccc3C)C(=O)N(Cc3ccco3)C2=O)cc1. The highest BCUT2D eigenvalue weighted by Crippen LogP contribution is 2.33. The fourth-order valence-corrected chi connectivity index (χ4v) is 3.46. The number of nitrogens with zero attached hydrogens (tertiary/aromatic N) is 1. The van der Waals surface area contributed by atoms with Gasteiger partial charge in [-0.1, -0.05) is 29.8 Å². The van der Waals surface area contributed by atoms with Gasteiger partial charge < -0.3 is 14.5 Å². The van der Waals surface area contributed by atoms with E-state index in [2.05, 4.69) is 5.32 Å². The average molecular weight is 423 g/mol. The lowest BCUT2D eigenvalue weighted by atomic mass is 10.0. The van der Waals surface area contributed by atoms with Gasteiger partial charge in [0.2, 0.25) is 0 Å². The van der Waals surface area contributed by atoms with Crippen LogP contribution in [-0.4, -0.2) is 23.8 Å². The van der Waals surface area contributed by atoms with Crippen molar-refractivity contribution >= 4 is 34.7 Å². The summed E-state index contributed by atoms with van der Waals surface area (Å²) in [5.41, 5.74) is 2.64. The van der Waals surface area contributed by atoms with Gasteiger partial charge in [-0.25, -0.2) is 0 Å². The number of hydrogen-bond acceptors (Lipinski definition) is 5. The molecule has 0 fully saturated rings. The normalized spacial score (nSPS) is 13.9. The summed E-state index contributed by atoms with van der Waals surface area (Å²) in [7, 11) is 1.57. The van der Waals surface area contributed by atoms with Gasteiger partial charge in [0.1, 0.15) is 17.2 Å². The van der Waals surface area contributed by atoms with Gasteiger partial charge in [0.25, 0.3) is 11.8 Å². The minimum absolute atomic E-state index is 0.0457. The molecule has 0 spiro atoms. The van der Waals surface area contributed by atoms with Crippen LogP contribution >= 0.6 is 11.6 Å². The Bertz CT molecular complexity index is 1130. The highest BCUT2D eigenvalue weighted by Gasteiger charge is 2.39. The molecule has 0 radical (unpaired) electrons. The topological polar surface area (TPSA) is 71.8 Å². The quantitative estimate of drug-likeness (QED) is 0.586. The first-order chi connectivity index (χ1) is 14.5. The van der Waals surface area contributed by atoms with E-state index in [0.29, 0.717) is 27.8 Å². The van der Waals surface area contributed by atoms with Crippen molar-refractivity contribution in [2.45, 2.75) is 13.5 Å². The molecule has 2 aromatic carbocycles. The first kappa shape index (κ1) is 19.8. The number of carbonyl (C=O) groups is 2. The summed E-state index contributed by atoms with van der Waals surface area (Å²) in [6, 6.07) is 15.8. The summed E-state index contributed by atoms with van der Waals surface area (Å²) >= 11 is 6.13. The third-order valence-electron chi connectivity index (χ3n) is 4.90. The van der Waals surface area contributed by atoms with Crippen molar-refractivity contribution in [1.82, 2.24) is 4.90 Å². The molecule has 0 bridgehead atoms. The van der Waals surface area contributed by atoms with Crippen LogP contribution in [0.5, 0.6) is 5.75 Å². The molecule has 0 saturated heterocycles. The second kappa shape index (κ2) is 8.08. The largest absolute Gasteiger partial charge is 0.497 e. The van der Waals surface area contributed by atoms with Gasteiger partial charge in [0.15, 0.2) is 0 Å². The Morgan fingerprint density at radius 3 is 2.50 bits per heavy atom. The Morgan fingerprint density at radius 1 is 1.07 bits per heavy atom. The Labute approximate surface area is 178 Å². The standard InChI is InChI=1S/C23H19ClN2O4/c1-14-5-8-16(24)12-19(14)25-21-20(15-6-9-17(29-2)10-7-15)22(27)26(23(21)28)13-18-4-3-11-30-18/h3-12,25H,13H2,1-2H3. The Balaban J connectivity index is 1.77. The minimum atomic E-state index is -0.429. The molecule has 2 heterocycles. The van der Waals surface area contributed by atoms with Crippen molar-refractivity contribution in [3.05, 3.63) is 88.5 Å². The second-order valence-corrected chi connectivity index (χ2v) is 7.27. The number of halogens is 1. The van der Waals surface area contributed by atoms with E-state index in [0.717, 1.165) is 5.56 Å². The van der Waals surface area contributed by atoms with Gasteiger partial charge in [-0.15, -0.1) is 0 Å². The highest BCUT2D eigenvalue weighted by atomic mass is 35.5. The van der Waals surface area contributed by atoms with Crippen LogP contribution in [0.4, 0.5) is 5.69 Å². The van der Waals surface area contributed by atoms with Crippen LogP contribution in [0.25, 0.3) is 5.57 Å². The smallest absolute Gasteiger partial charge is 0.278 e. The van der Waals surface area contributed by atoms with Crippen molar-refractivity contribution in [3.63, 3.8) is 0 Å². The fraction of sp³-hybridized carbons (Fsp3) is 0.130. The lowest BCUT2D eigenvalue weighted by Gasteiger charge is -2.14. The predicted octanol–water partition coefficient (Wildman–Crippen LogP) is 4.64. The molecule has 152 valence electrons. The maximum absolute atomic E-state index is 13.3. The monoisotopic (exact) mass is 422 g/mol. The number of imide groups is 1. The van der Waals surface area contributed by atoms with E-state index < -0.39 is 11.8 Å². The molecule has 7 heteroatoms. The molecule has 2 amide bonds. The number of methoxy groups -OCH3 is 1. The molecule has 0 atom stereocenters. The van der Waals surface area contributed by atoms with E-state index >= 15 is 0 Å². The molecule has 4 rings (SSSR count). The van der Waals surface area contributed by atoms with E-state index in [-0.39, 0.29) is 17.8 Å². The van der Waals surface area contributed by atoms with E-state index in [9.17, 15) is 9.59 Å². The van der Waals surface area contributed by atoms with E-state index in [1.54, 1.807) is 55.6 Å². The fourth-order valence-electron chi connectivity index (χ4n) is 3.28. The number of rotatable bonds is 6. The molecular weight excluding hydrogens is 404 g/mol.